The molecule has 1 aromatic heterocycles. The van der Waals surface area contributed by atoms with E-state index in [1.54, 1.807) is 68.1 Å². The summed E-state index contributed by atoms with van der Waals surface area (Å²) < 4.78 is 35.8. The number of nitrogens with zero attached hydrogens (tertiary/aromatic N) is 3. The third-order valence-electron chi connectivity index (χ3n) is 6.97. The minimum atomic E-state index is -0.924. The van der Waals surface area contributed by atoms with Crippen LogP contribution in [0.3, 0.4) is 0 Å². The Balaban J connectivity index is 1.45. The molecule has 1 aliphatic rings. The van der Waals surface area contributed by atoms with Crippen LogP contribution in [-0.2, 0) is 29.0 Å². The molecule has 1 aliphatic heterocycles. The van der Waals surface area contributed by atoms with E-state index in [9.17, 15) is 18.4 Å². The van der Waals surface area contributed by atoms with Crippen LogP contribution in [-0.4, -0.2) is 44.6 Å². The molecule has 0 spiro atoms. The number of fused-ring (bicyclic) bond motifs is 1. The van der Waals surface area contributed by atoms with Gasteiger partial charge in [0, 0.05) is 36.4 Å². The van der Waals surface area contributed by atoms with Crippen molar-refractivity contribution < 1.29 is 23.1 Å². The van der Waals surface area contributed by atoms with Gasteiger partial charge < -0.3 is 30.6 Å². The molecule has 0 radical (unpaired) electrons. The van der Waals surface area contributed by atoms with Crippen molar-refractivity contribution in [3.05, 3.63) is 94.8 Å². The zero-order valence-electron chi connectivity index (χ0n) is 24.5. The Morgan fingerprint density at radius 3 is 2.50 bits per heavy atom. The van der Waals surface area contributed by atoms with E-state index in [2.05, 4.69) is 10.6 Å². The number of nitrogen functional groups attached to an aromatic ring is 1. The van der Waals surface area contributed by atoms with E-state index in [1.807, 2.05) is 4.57 Å². The minimum Gasteiger partial charge on any atom is -0.444 e. The smallest absolute Gasteiger partial charge is 0.408 e. The van der Waals surface area contributed by atoms with Crippen LogP contribution in [0.4, 0.5) is 30.8 Å². The number of amides is 2. The first-order valence-corrected chi connectivity index (χ1v) is 14.4. The molecule has 2 amide bonds. The summed E-state index contributed by atoms with van der Waals surface area (Å²) in [4.78, 5) is 33.1. The molecule has 4 N–H and O–H groups in total. The Hall–Kier alpha value is -4.64. The molecule has 3 aromatic carbocycles. The van der Waals surface area contributed by atoms with Gasteiger partial charge in [0.1, 0.15) is 40.6 Å². The number of halogens is 3. The monoisotopic (exact) mass is 622 g/mol. The molecule has 9 nitrogen and oxygen atoms in total. The molecule has 5 rings (SSSR count). The van der Waals surface area contributed by atoms with Gasteiger partial charge >= 0.3 is 6.09 Å². The first-order valence-electron chi connectivity index (χ1n) is 14.1. The summed E-state index contributed by atoms with van der Waals surface area (Å²) >= 11 is 5.88. The summed E-state index contributed by atoms with van der Waals surface area (Å²) in [5.74, 6) is -0.297. The van der Waals surface area contributed by atoms with Gasteiger partial charge in [-0.1, -0.05) is 35.9 Å². The highest BCUT2D eigenvalue weighted by atomic mass is 35.5. The van der Waals surface area contributed by atoms with Crippen LogP contribution < -0.4 is 16.4 Å². The lowest BCUT2D eigenvalue weighted by Crippen LogP contribution is -2.52. The number of anilines is 3. The number of nitrogens with two attached hydrogens (primary N) is 1. The number of hydrogen-bond donors (Lipinski definition) is 3. The normalized spacial score (nSPS) is 13.6. The number of carbonyl (C=O) groups is 2. The van der Waals surface area contributed by atoms with Gasteiger partial charge in [-0.2, -0.15) is 0 Å². The second kappa shape index (κ2) is 12.5. The molecule has 0 unspecified atom stereocenters. The predicted octanol–water partition coefficient (Wildman–Crippen LogP) is 6.29. The Bertz CT molecular complexity index is 1690. The fourth-order valence-electron chi connectivity index (χ4n) is 4.95. The molecule has 2 heterocycles. The number of rotatable bonds is 7. The maximum Gasteiger partial charge on any atom is 0.408 e. The Morgan fingerprint density at radius 1 is 1.07 bits per heavy atom. The molecule has 4 aromatic rings. The fourth-order valence-corrected chi connectivity index (χ4v) is 5.07. The molecule has 44 heavy (non-hydrogen) atoms. The number of benzene rings is 3. The molecule has 0 bridgehead atoms. The third kappa shape index (κ3) is 7.28. The summed E-state index contributed by atoms with van der Waals surface area (Å²) in [6.45, 7) is 5.98. The van der Waals surface area contributed by atoms with Gasteiger partial charge in [0.25, 0.3) is 0 Å². The van der Waals surface area contributed by atoms with E-state index in [-0.39, 0.29) is 23.9 Å². The molecule has 0 fully saturated rings. The van der Waals surface area contributed by atoms with E-state index >= 15 is 0 Å². The van der Waals surface area contributed by atoms with E-state index in [4.69, 9.17) is 27.1 Å². The van der Waals surface area contributed by atoms with Crippen LogP contribution in [0, 0.1) is 11.6 Å². The Labute approximate surface area is 259 Å². The molecular weight excluding hydrogens is 590 g/mol. The van der Waals surface area contributed by atoms with Crippen LogP contribution >= 0.6 is 11.6 Å². The zero-order valence-corrected chi connectivity index (χ0v) is 25.3. The third-order valence-corrected chi connectivity index (χ3v) is 7.28. The van der Waals surface area contributed by atoms with Gasteiger partial charge in [0.15, 0.2) is 0 Å². The lowest BCUT2D eigenvalue weighted by Gasteiger charge is -2.32. The number of hydrogen-bond acceptors (Lipinski definition) is 6. The zero-order chi connectivity index (χ0) is 31.6. The topological polar surface area (TPSA) is 115 Å². The van der Waals surface area contributed by atoms with Crippen LogP contribution in [0.5, 0.6) is 0 Å². The maximum atomic E-state index is 14.3. The molecule has 0 saturated heterocycles. The van der Waals surface area contributed by atoms with Crippen molar-refractivity contribution in [2.24, 2.45) is 0 Å². The van der Waals surface area contributed by atoms with Gasteiger partial charge in [-0.05, 0) is 68.8 Å². The highest BCUT2D eigenvalue weighted by molar-refractivity contribution is 6.30. The van der Waals surface area contributed by atoms with Gasteiger partial charge in [-0.3, -0.25) is 4.79 Å². The summed E-state index contributed by atoms with van der Waals surface area (Å²) in [6, 6.07) is 16.5. The van der Waals surface area contributed by atoms with E-state index in [0.717, 1.165) is 5.56 Å². The molecule has 12 heteroatoms. The van der Waals surface area contributed by atoms with E-state index in [0.29, 0.717) is 47.4 Å². The van der Waals surface area contributed by atoms with Crippen LogP contribution in [0.15, 0.2) is 66.7 Å². The van der Waals surface area contributed by atoms with Crippen LogP contribution in [0.1, 0.15) is 32.2 Å². The summed E-state index contributed by atoms with van der Waals surface area (Å²) in [7, 11) is 0. The highest BCUT2D eigenvalue weighted by Gasteiger charge is 2.33. The van der Waals surface area contributed by atoms with Crippen LogP contribution in [0.2, 0.25) is 5.02 Å². The van der Waals surface area contributed by atoms with Crippen molar-refractivity contribution in [1.29, 1.82) is 0 Å². The summed E-state index contributed by atoms with van der Waals surface area (Å²) in [5.41, 5.74) is 7.85. The second-order valence-electron chi connectivity index (χ2n) is 11.5. The fraction of sp³-hybridized carbons (Fsp3) is 0.281. The number of nitrogens with one attached hydrogen (secondary N) is 2. The largest absolute Gasteiger partial charge is 0.444 e. The average molecular weight is 623 g/mol. The Morgan fingerprint density at radius 2 is 1.82 bits per heavy atom. The molecule has 1 atom stereocenters. The summed E-state index contributed by atoms with van der Waals surface area (Å²) in [6.07, 6.45) is -0.493. The second-order valence-corrected chi connectivity index (χ2v) is 12.0. The number of ether oxygens (including phenoxy) is 1. The van der Waals surface area contributed by atoms with Gasteiger partial charge in [0.2, 0.25) is 5.91 Å². The molecule has 230 valence electrons. The van der Waals surface area contributed by atoms with Crippen molar-refractivity contribution in [2.75, 3.05) is 17.6 Å². The van der Waals surface area contributed by atoms with Crippen molar-refractivity contribution in [2.45, 2.75) is 51.9 Å². The van der Waals surface area contributed by atoms with Crippen molar-refractivity contribution in [3.63, 3.8) is 0 Å². The number of alkyl carbamates (subject to hydrolysis) is 1. The SMILES string of the molecule is CC(C)(C)OC(=O)N[C@@H](Cc1ccc(N)cc1)C(=O)N1CCn2c(nc(-c3cccc(F)c3)c2Nc2ccc(Cl)c(F)c2)C1. The highest BCUT2D eigenvalue weighted by Crippen LogP contribution is 2.34. The van der Waals surface area contributed by atoms with Gasteiger partial charge in [-0.15, -0.1) is 0 Å². The number of imidazole rings is 1. The first kappa shape index (κ1) is 30.8. The molecule has 0 saturated carbocycles. The molecule has 0 aliphatic carbocycles. The Kier molecular flexibility index (Phi) is 8.78. The quantitative estimate of drug-likeness (QED) is 0.209. The minimum absolute atomic E-state index is 0.0149. The molecular formula is C32H33ClF2N6O3. The van der Waals surface area contributed by atoms with Crippen molar-refractivity contribution in [3.8, 4) is 11.3 Å². The number of aromatic nitrogens is 2. The lowest BCUT2D eigenvalue weighted by molar-refractivity contribution is -0.135. The lowest BCUT2D eigenvalue weighted by atomic mass is 10.0. The predicted molar refractivity (Wildman–Crippen MR) is 165 cm³/mol. The van der Waals surface area contributed by atoms with Crippen molar-refractivity contribution in [1.82, 2.24) is 19.8 Å². The van der Waals surface area contributed by atoms with Gasteiger partial charge in [-0.25, -0.2) is 18.6 Å². The van der Waals surface area contributed by atoms with Gasteiger partial charge in [0.05, 0.1) is 11.6 Å². The maximum absolute atomic E-state index is 14.3. The standard InChI is InChI=1S/C32H33ClF2N6O3/c1-32(2,3)44-31(43)38-26(15-19-7-9-22(36)10-8-19)30(42)40-13-14-41-27(18-40)39-28(20-5-4-6-21(34)16-20)29(41)37-23-11-12-24(33)25(35)17-23/h4-12,16-17,26,37H,13-15,18,36H2,1-3H3,(H,38,43)/t26-/m0/s1. The summed E-state index contributed by atoms with van der Waals surface area (Å²) in [5, 5.41) is 5.93. The van der Waals surface area contributed by atoms with Crippen molar-refractivity contribution >= 4 is 40.8 Å². The van der Waals surface area contributed by atoms with E-state index in [1.165, 1.54) is 24.3 Å². The average Bonchev–Trinajstić information content (AvgIpc) is 3.32. The van der Waals surface area contributed by atoms with E-state index < -0.39 is 29.4 Å². The first-order chi connectivity index (χ1) is 20.9. The number of carbonyl (C=O) groups excluding carboxylic acids is 2. The van der Waals surface area contributed by atoms with Crippen LogP contribution in [0.25, 0.3) is 11.3 Å².